The van der Waals surface area contributed by atoms with Crippen LogP contribution in [0.25, 0.3) is 0 Å². The zero-order chi connectivity index (χ0) is 14.1. The third-order valence-electron chi connectivity index (χ3n) is 4.74. The van der Waals surface area contributed by atoms with Gasteiger partial charge in [-0.15, -0.1) is 0 Å². The summed E-state index contributed by atoms with van der Waals surface area (Å²) < 4.78 is 5.71. The molecule has 0 radical (unpaired) electrons. The molecular weight excluding hydrogens is 234 g/mol. The minimum Gasteiger partial charge on any atom is -0.379 e. The molecular formula is C17H31NO. The molecule has 0 saturated heterocycles. The Morgan fingerprint density at radius 2 is 1.37 bits per heavy atom. The number of nitriles is 1. The first-order valence-electron chi connectivity index (χ1n) is 8.34. The van der Waals surface area contributed by atoms with E-state index in [1.165, 1.54) is 38.5 Å². The molecule has 2 aliphatic carbocycles. The highest BCUT2D eigenvalue weighted by Gasteiger charge is 2.30. The van der Waals surface area contributed by atoms with Gasteiger partial charge in [-0.05, 0) is 70.1 Å². The maximum atomic E-state index is 8.91. The summed E-state index contributed by atoms with van der Waals surface area (Å²) in [6, 6.07) is 2.43. The van der Waals surface area contributed by atoms with Gasteiger partial charge in [0.25, 0.3) is 0 Å². The average molecular weight is 265 g/mol. The van der Waals surface area contributed by atoms with Crippen molar-refractivity contribution in [1.29, 1.82) is 5.26 Å². The molecule has 0 bridgehead atoms. The molecule has 2 saturated carbocycles. The number of hydrogen-bond donors (Lipinski definition) is 0. The maximum Gasteiger partial charge on any atom is 0.0655 e. The minimum absolute atomic E-state index is 0.353. The van der Waals surface area contributed by atoms with Crippen molar-refractivity contribution in [2.24, 2.45) is 17.8 Å². The van der Waals surface area contributed by atoms with Crippen LogP contribution in [-0.2, 0) is 4.74 Å². The number of ether oxygens (including phenoxy) is 1. The summed E-state index contributed by atoms with van der Waals surface area (Å²) >= 11 is 0. The molecule has 0 amide bonds. The van der Waals surface area contributed by atoms with E-state index in [1.807, 2.05) is 13.8 Å². The molecule has 0 aromatic carbocycles. The fourth-order valence-corrected chi connectivity index (χ4v) is 3.68. The van der Waals surface area contributed by atoms with E-state index in [-0.39, 0.29) is 0 Å². The zero-order valence-electron chi connectivity index (χ0n) is 13.0. The highest BCUT2D eigenvalue weighted by molar-refractivity contribution is 4.89. The summed E-state index contributed by atoms with van der Waals surface area (Å²) in [5.74, 6) is 2.18. The van der Waals surface area contributed by atoms with Crippen LogP contribution in [0.5, 0.6) is 0 Å². The molecule has 19 heavy (non-hydrogen) atoms. The fourth-order valence-electron chi connectivity index (χ4n) is 3.68. The van der Waals surface area contributed by atoms with Crippen LogP contribution < -0.4 is 0 Å². The Balaban J connectivity index is 0.000000861. The van der Waals surface area contributed by atoms with E-state index >= 15 is 0 Å². The second-order valence-electron chi connectivity index (χ2n) is 5.73. The van der Waals surface area contributed by atoms with Crippen molar-refractivity contribution >= 4 is 0 Å². The Labute approximate surface area is 119 Å². The third kappa shape index (κ3) is 5.15. The average Bonchev–Trinajstić information content (AvgIpc) is 2.51. The molecule has 0 heterocycles. The topological polar surface area (TPSA) is 33.0 Å². The van der Waals surface area contributed by atoms with Gasteiger partial charge in [0.1, 0.15) is 0 Å². The Hall–Kier alpha value is -0.550. The maximum absolute atomic E-state index is 8.91. The first kappa shape index (κ1) is 16.5. The SMILES string of the molecule is CC.CCOC1CCC(C2CCC(C#N)CC2)CC1. The highest BCUT2D eigenvalue weighted by atomic mass is 16.5. The smallest absolute Gasteiger partial charge is 0.0655 e. The van der Waals surface area contributed by atoms with Gasteiger partial charge in [-0.2, -0.15) is 5.26 Å². The van der Waals surface area contributed by atoms with Crippen molar-refractivity contribution in [3.8, 4) is 6.07 Å². The molecule has 0 unspecified atom stereocenters. The summed E-state index contributed by atoms with van der Waals surface area (Å²) in [6.45, 7) is 6.96. The van der Waals surface area contributed by atoms with Gasteiger partial charge in [-0.3, -0.25) is 0 Å². The standard InChI is InChI=1S/C15H25NO.C2H6/c1-2-17-15-9-7-14(8-10-15)13-5-3-12(11-16)4-6-13;1-2/h12-15H,2-10H2,1H3;1-2H3. The largest absolute Gasteiger partial charge is 0.379 e. The minimum atomic E-state index is 0.353. The van der Waals surface area contributed by atoms with E-state index < -0.39 is 0 Å². The highest BCUT2D eigenvalue weighted by Crippen LogP contribution is 2.40. The third-order valence-corrected chi connectivity index (χ3v) is 4.74. The van der Waals surface area contributed by atoms with Crippen molar-refractivity contribution in [1.82, 2.24) is 0 Å². The van der Waals surface area contributed by atoms with Gasteiger partial charge in [0.05, 0.1) is 12.2 Å². The van der Waals surface area contributed by atoms with E-state index in [1.54, 1.807) is 0 Å². The normalized spacial score (nSPS) is 34.8. The molecule has 2 heteroatoms. The van der Waals surface area contributed by atoms with Crippen LogP contribution >= 0.6 is 0 Å². The molecule has 0 N–H and O–H groups in total. The Morgan fingerprint density at radius 3 is 1.79 bits per heavy atom. The second-order valence-corrected chi connectivity index (χ2v) is 5.73. The lowest BCUT2D eigenvalue weighted by atomic mass is 9.71. The molecule has 2 nitrogen and oxygen atoms in total. The van der Waals surface area contributed by atoms with Crippen molar-refractivity contribution in [2.75, 3.05) is 6.61 Å². The van der Waals surface area contributed by atoms with E-state index in [0.717, 1.165) is 31.3 Å². The van der Waals surface area contributed by atoms with Crippen molar-refractivity contribution in [3.63, 3.8) is 0 Å². The molecule has 2 aliphatic rings. The van der Waals surface area contributed by atoms with Gasteiger partial charge >= 0.3 is 0 Å². The van der Waals surface area contributed by atoms with Gasteiger partial charge in [-0.1, -0.05) is 13.8 Å². The van der Waals surface area contributed by atoms with Crippen LogP contribution in [-0.4, -0.2) is 12.7 Å². The molecule has 0 aromatic rings. The predicted octanol–water partition coefficient (Wildman–Crippen LogP) is 4.94. The second kappa shape index (κ2) is 9.37. The van der Waals surface area contributed by atoms with E-state index in [4.69, 9.17) is 10.00 Å². The predicted molar refractivity (Wildman–Crippen MR) is 79.8 cm³/mol. The van der Waals surface area contributed by atoms with E-state index in [2.05, 4.69) is 13.0 Å². The van der Waals surface area contributed by atoms with Crippen LogP contribution in [0.3, 0.4) is 0 Å². The lowest BCUT2D eigenvalue weighted by molar-refractivity contribution is 0.0143. The number of nitrogens with zero attached hydrogens (tertiary/aromatic N) is 1. The summed E-state index contributed by atoms with van der Waals surface area (Å²) in [5, 5.41) is 8.91. The zero-order valence-corrected chi connectivity index (χ0v) is 13.0. The van der Waals surface area contributed by atoms with Crippen molar-refractivity contribution in [2.45, 2.75) is 78.2 Å². The van der Waals surface area contributed by atoms with Crippen LogP contribution in [0.1, 0.15) is 72.1 Å². The van der Waals surface area contributed by atoms with E-state index in [9.17, 15) is 0 Å². The summed E-state index contributed by atoms with van der Waals surface area (Å²) in [6.07, 6.45) is 10.6. The van der Waals surface area contributed by atoms with E-state index in [0.29, 0.717) is 12.0 Å². The molecule has 110 valence electrons. The molecule has 2 rings (SSSR count). The molecule has 0 spiro atoms. The molecule has 0 aromatic heterocycles. The number of rotatable bonds is 3. The van der Waals surface area contributed by atoms with Gasteiger partial charge in [-0.25, -0.2) is 0 Å². The van der Waals surface area contributed by atoms with Crippen LogP contribution in [0.2, 0.25) is 0 Å². The van der Waals surface area contributed by atoms with Crippen LogP contribution in [0.15, 0.2) is 0 Å². The molecule has 0 aliphatic heterocycles. The Morgan fingerprint density at radius 1 is 0.895 bits per heavy atom. The Kier molecular flexibility index (Phi) is 8.14. The van der Waals surface area contributed by atoms with Gasteiger partial charge in [0.15, 0.2) is 0 Å². The first-order valence-corrected chi connectivity index (χ1v) is 8.34. The lowest BCUT2D eigenvalue weighted by Gasteiger charge is -2.36. The van der Waals surface area contributed by atoms with Crippen molar-refractivity contribution < 1.29 is 4.74 Å². The fraction of sp³-hybridized carbons (Fsp3) is 0.941. The molecule has 0 atom stereocenters. The molecule has 2 fully saturated rings. The summed E-state index contributed by atoms with van der Waals surface area (Å²) in [5.41, 5.74) is 0. The van der Waals surface area contributed by atoms with Crippen LogP contribution in [0.4, 0.5) is 0 Å². The van der Waals surface area contributed by atoms with Crippen molar-refractivity contribution in [3.05, 3.63) is 0 Å². The van der Waals surface area contributed by atoms with Gasteiger partial charge in [0.2, 0.25) is 0 Å². The first-order chi connectivity index (χ1) is 9.33. The quantitative estimate of drug-likeness (QED) is 0.724. The van der Waals surface area contributed by atoms with Crippen LogP contribution in [0, 0.1) is 29.1 Å². The lowest BCUT2D eigenvalue weighted by Crippen LogP contribution is -2.28. The monoisotopic (exact) mass is 265 g/mol. The number of hydrogen-bond acceptors (Lipinski definition) is 2. The van der Waals surface area contributed by atoms with Gasteiger partial charge in [0, 0.05) is 12.5 Å². The summed E-state index contributed by atoms with van der Waals surface area (Å²) in [4.78, 5) is 0. The Bertz CT molecular complexity index is 255. The van der Waals surface area contributed by atoms with Gasteiger partial charge < -0.3 is 4.74 Å². The summed E-state index contributed by atoms with van der Waals surface area (Å²) in [7, 11) is 0.